The molecule has 4 aromatic rings. The molecule has 5 heteroatoms. The normalized spacial score (nSPS) is 10.9. The van der Waals surface area contributed by atoms with Gasteiger partial charge in [0.2, 0.25) is 0 Å². The Bertz CT molecular complexity index is 1230. The summed E-state index contributed by atoms with van der Waals surface area (Å²) in [5, 5.41) is 0.974. The van der Waals surface area contributed by atoms with E-state index in [-0.39, 0.29) is 5.78 Å². The van der Waals surface area contributed by atoms with Crippen molar-refractivity contribution >= 4 is 16.8 Å². The number of carbonyl (C=O) groups is 1. The second kappa shape index (κ2) is 9.06. The molecule has 4 rings (SSSR count). The molecule has 0 unspecified atom stereocenters. The van der Waals surface area contributed by atoms with Gasteiger partial charge in [-0.3, -0.25) is 4.79 Å². The molecular weight excluding hydrogens is 390 g/mol. The van der Waals surface area contributed by atoms with Gasteiger partial charge in [-0.2, -0.15) is 0 Å². The number of hydrogen-bond acceptors (Lipinski definition) is 5. The first-order chi connectivity index (χ1) is 15.1. The number of ether oxygens (including phenoxy) is 2. The minimum Gasteiger partial charge on any atom is -0.496 e. The number of hydrogen-bond donors (Lipinski definition) is 1. The molecule has 2 N–H and O–H groups in total. The summed E-state index contributed by atoms with van der Waals surface area (Å²) < 4.78 is 17.8. The highest BCUT2D eigenvalue weighted by Gasteiger charge is 2.16. The van der Waals surface area contributed by atoms with Crippen molar-refractivity contribution in [2.75, 3.05) is 7.11 Å². The summed E-state index contributed by atoms with van der Waals surface area (Å²) in [7, 11) is 1.64. The average molecular weight is 415 g/mol. The number of Topliss-reactive ketones (excluding diaryl/α,β-unsaturated/α-hetero) is 1. The Morgan fingerprint density at radius 1 is 0.968 bits per heavy atom. The predicted molar refractivity (Wildman–Crippen MR) is 121 cm³/mol. The quantitative estimate of drug-likeness (QED) is 0.424. The second-order valence-electron chi connectivity index (χ2n) is 7.42. The lowest BCUT2D eigenvalue weighted by atomic mass is 10.1. The largest absolute Gasteiger partial charge is 0.496 e. The smallest absolute Gasteiger partial charge is 0.139 e. The highest BCUT2D eigenvalue weighted by atomic mass is 16.5. The Morgan fingerprint density at radius 2 is 1.71 bits per heavy atom. The Labute approximate surface area is 181 Å². The second-order valence-corrected chi connectivity index (χ2v) is 7.42. The standard InChI is InChI=1S/C26H25NO4/c1-17(28)13-18-7-3-4-11-23(18)30-16-20-9-6-12-24-22(20)14-25(31-24)21-10-5-8-19(15-27)26(21)29-2/h3-12,14H,13,15-16,27H2,1-2H3. The Balaban J connectivity index is 1.67. The Morgan fingerprint density at radius 3 is 2.48 bits per heavy atom. The number of nitrogens with two attached hydrogens (primary N) is 1. The van der Waals surface area contributed by atoms with Crippen LogP contribution in [0.2, 0.25) is 0 Å². The maximum Gasteiger partial charge on any atom is 0.139 e. The lowest BCUT2D eigenvalue weighted by Gasteiger charge is -2.11. The van der Waals surface area contributed by atoms with Gasteiger partial charge in [0, 0.05) is 35.0 Å². The molecule has 0 saturated heterocycles. The Kier molecular flexibility index (Phi) is 6.05. The first-order valence-corrected chi connectivity index (χ1v) is 10.2. The van der Waals surface area contributed by atoms with Crippen molar-refractivity contribution in [3.8, 4) is 22.8 Å². The number of methoxy groups -OCH3 is 1. The molecule has 0 aliphatic carbocycles. The van der Waals surface area contributed by atoms with E-state index in [1.54, 1.807) is 14.0 Å². The van der Waals surface area contributed by atoms with Gasteiger partial charge in [0.25, 0.3) is 0 Å². The van der Waals surface area contributed by atoms with Crippen LogP contribution in [0.15, 0.2) is 71.1 Å². The zero-order chi connectivity index (χ0) is 21.8. The fourth-order valence-corrected chi connectivity index (χ4v) is 3.77. The van der Waals surface area contributed by atoms with Crippen molar-refractivity contribution in [3.05, 3.63) is 83.4 Å². The van der Waals surface area contributed by atoms with Gasteiger partial charge < -0.3 is 19.6 Å². The molecule has 1 aromatic heterocycles. The number of carbonyl (C=O) groups excluding carboxylic acids is 1. The lowest BCUT2D eigenvalue weighted by Crippen LogP contribution is -2.02. The van der Waals surface area contributed by atoms with Crippen LogP contribution in [0.3, 0.4) is 0 Å². The van der Waals surface area contributed by atoms with Crippen molar-refractivity contribution in [3.63, 3.8) is 0 Å². The van der Waals surface area contributed by atoms with Gasteiger partial charge in [-0.05, 0) is 31.2 Å². The van der Waals surface area contributed by atoms with E-state index in [4.69, 9.17) is 19.6 Å². The summed E-state index contributed by atoms with van der Waals surface area (Å²) in [6.07, 6.45) is 0.355. The molecule has 158 valence electrons. The van der Waals surface area contributed by atoms with Crippen LogP contribution >= 0.6 is 0 Å². The van der Waals surface area contributed by atoms with Crippen LogP contribution in [-0.4, -0.2) is 12.9 Å². The molecule has 0 aliphatic rings. The van der Waals surface area contributed by atoms with Gasteiger partial charge in [-0.15, -0.1) is 0 Å². The molecule has 0 saturated carbocycles. The van der Waals surface area contributed by atoms with Gasteiger partial charge in [-0.1, -0.05) is 42.5 Å². The van der Waals surface area contributed by atoms with E-state index in [9.17, 15) is 4.79 Å². The predicted octanol–water partition coefficient (Wildman–Crippen LogP) is 5.28. The van der Waals surface area contributed by atoms with Crippen molar-refractivity contribution in [2.24, 2.45) is 5.73 Å². The summed E-state index contributed by atoms with van der Waals surface area (Å²) in [4.78, 5) is 11.6. The number of para-hydroxylation sites is 2. The molecular formula is C26H25NO4. The monoisotopic (exact) mass is 415 g/mol. The van der Waals surface area contributed by atoms with Crippen molar-refractivity contribution in [1.82, 2.24) is 0 Å². The molecule has 1 heterocycles. The lowest BCUT2D eigenvalue weighted by molar-refractivity contribution is -0.116. The summed E-state index contributed by atoms with van der Waals surface area (Å²) in [5.41, 5.74) is 10.3. The summed E-state index contributed by atoms with van der Waals surface area (Å²) >= 11 is 0. The zero-order valence-corrected chi connectivity index (χ0v) is 17.7. The van der Waals surface area contributed by atoms with Gasteiger partial charge in [0.15, 0.2) is 0 Å². The van der Waals surface area contributed by atoms with Crippen LogP contribution in [0.25, 0.3) is 22.3 Å². The third-order valence-corrected chi connectivity index (χ3v) is 5.23. The SMILES string of the molecule is COc1c(CN)cccc1-c1cc2c(COc3ccccc3CC(C)=O)cccc2o1. The summed E-state index contributed by atoms with van der Waals surface area (Å²) in [6.45, 7) is 2.33. The molecule has 0 bridgehead atoms. The number of ketones is 1. The van der Waals surface area contributed by atoms with Gasteiger partial charge >= 0.3 is 0 Å². The van der Waals surface area contributed by atoms with Crippen LogP contribution in [0.1, 0.15) is 23.6 Å². The van der Waals surface area contributed by atoms with E-state index in [1.165, 1.54) is 0 Å². The van der Waals surface area contributed by atoms with E-state index in [2.05, 4.69) is 0 Å². The van der Waals surface area contributed by atoms with Crippen molar-refractivity contribution < 1.29 is 18.7 Å². The Hall–Kier alpha value is -3.57. The maximum absolute atomic E-state index is 11.6. The minimum absolute atomic E-state index is 0.103. The first kappa shape index (κ1) is 20.7. The topological polar surface area (TPSA) is 74.7 Å². The average Bonchev–Trinajstić information content (AvgIpc) is 3.22. The molecule has 0 aliphatic heterocycles. The van der Waals surface area contributed by atoms with E-state index in [1.807, 2.05) is 66.7 Å². The fraction of sp³-hybridized carbons (Fsp3) is 0.192. The molecule has 31 heavy (non-hydrogen) atoms. The van der Waals surface area contributed by atoms with Crippen LogP contribution < -0.4 is 15.2 Å². The number of benzene rings is 3. The number of rotatable bonds is 8. The van der Waals surface area contributed by atoms with Crippen LogP contribution in [0, 0.1) is 0 Å². The molecule has 0 amide bonds. The van der Waals surface area contributed by atoms with Crippen LogP contribution in [0.5, 0.6) is 11.5 Å². The molecule has 0 radical (unpaired) electrons. The van der Waals surface area contributed by atoms with Crippen LogP contribution in [0.4, 0.5) is 0 Å². The third-order valence-electron chi connectivity index (χ3n) is 5.23. The van der Waals surface area contributed by atoms with E-state index >= 15 is 0 Å². The van der Waals surface area contributed by atoms with E-state index in [0.717, 1.165) is 44.7 Å². The summed E-state index contributed by atoms with van der Waals surface area (Å²) in [5.74, 6) is 2.26. The highest BCUT2D eigenvalue weighted by Crippen LogP contribution is 2.37. The van der Waals surface area contributed by atoms with Gasteiger partial charge in [-0.25, -0.2) is 0 Å². The van der Waals surface area contributed by atoms with Gasteiger partial charge in [0.05, 0.1) is 12.7 Å². The number of furan rings is 1. The first-order valence-electron chi connectivity index (χ1n) is 10.2. The fourth-order valence-electron chi connectivity index (χ4n) is 3.77. The molecule has 0 spiro atoms. The molecule has 0 atom stereocenters. The number of fused-ring (bicyclic) bond motifs is 1. The van der Waals surface area contributed by atoms with Gasteiger partial charge in [0.1, 0.15) is 35.2 Å². The minimum atomic E-state index is 0.103. The van der Waals surface area contributed by atoms with Crippen molar-refractivity contribution in [1.29, 1.82) is 0 Å². The van der Waals surface area contributed by atoms with E-state index < -0.39 is 0 Å². The maximum atomic E-state index is 11.6. The highest BCUT2D eigenvalue weighted by molar-refractivity contribution is 5.87. The molecule has 0 fully saturated rings. The third kappa shape index (κ3) is 4.32. The van der Waals surface area contributed by atoms with E-state index in [0.29, 0.717) is 25.3 Å². The summed E-state index contributed by atoms with van der Waals surface area (Å²) in [6, 6.07) is 21.4. The molecule has 5 nitrogen and oxygen atoms in total. The zero-order valence-electron chi connectivity index (χ0n) is 17.7. The van der Waals surface area contributed by atoms with Crippen LogP contribution in [-0.2, 0) is 24.4 Å². The molecule has 3 aromatic carbocycles. The van der Waals surface area contributed by atoms with Crippen molar-refractivity contribution in [2.45, 2.75) is 26.5 Å².